The summed E-state index contributed by atoms with van der Waals surface area (Å²) in [4.78, 5) is 0. The second-order valence-electron chi connectivity index (χ2n) is 4.31. The fourth-order valence-electron chi connectivity index (χ4n) is 1.53. The summed E-state index contributed by atoms with van der Waals surface area (Å²) in [5.74, 6) is -0.295. The van der Waals surface area contributed by atoms with Crippen molar-refractivity contribution in [2.24, 2.45) is 0 Å². The van der Waals surface area contributed by atoms with Crippen LogP contribution in [-0.2, 0) is 0 Å². The van der Waals surface area contributed by atoms with Crippen molar-refractivity contribution in [3.05, 3.63) is 40.2 Å². The van der Waals surface area contributed by atoms with Crippen LogP contribution in [0.1, 0.15) is 25.3 Å². The molecule has 1 aromatic rings. The van der Waals surface area contributed by atoms with Crippen molar-refractivity contribution in [1.82, 2.24) is 5.32 Å². The first kappa shape index (κ1) is 11.6. The maximum atomic E-state index is 12.8. The van der Waals surface area contributed by atoms with E-state index in [4.69, 9.17) is 11.6 Å². The van der Waals surface area contributed by atoms with E-state index in [9.17, 15) is 4.39 Å². The molecule has 0 radical (unpaired) electrons. The van der Waals surface area contributed by atoms with Crippen LogP contribution in [0.4, 0.5) is 4.39 Å². The van der Waals surface area contributed by atoms with Crippen LogP contribution in [0.3, 0.4) is 0 Å². The average Bonchev–Trinajstić information content (AvgIpc) is 3.03. The van der Waals surface area contributed by atoms with Gasteiger partial charge in [-0.1, -0.05) is 29.3 Å². The van der Waals surface area contributed by atoms with Gasteiger partial charge in [0.25, 0.3) is 0 Å². The second kappa shape index (κ2) is 4.98. The maximum Gasteiger partial charge on any atom is 0.124 e. The molecule has 1 aliphatic carbocycles. The van der Waals surface area contributed by atoms with E-state index in [0.29, 0.717) is 11.1 Å². The Morgan fingerprint density at radius 1 is 1.56 bits per heavy atom. The summed E-state index contributed by atoms with van der Waals surface area (Å²) >= 11 is 5.94. The highest BCUT2D eigenvalue weighted by Crippen LogP contribution is 2.21. The third-order valence-corrected chi connectivity index (χ3v) is 2.94. The zero-order valence-electron chi connectivity index (χ0n) is 9.26. The van der Waals surface area contributed by atoms with Gasteiger partial charge in [-0.15, -0.1) is 0 Å². The van der Waals surface area contributed by atoms with Gasteiger partial charge < -0.3 is 5.32 Å². The minimum Gasteiger partial charge on any atom is -0.310 e. The molecule has 86 valence electrons. The molecule has 0 unspecified atom stereocenters. The number of halogens is 2. The van der Waals surface area contributed by atoms with Crippen LogP contribution in [0.25, 0.3) is 6.08 Å². The Balaban J connectivity index is 2.01. The normalized spacial score (nSPS) is 16.6. The minimum atomic E-state index is -0.295. The van der Waals surface area contributed by atoms with E-state index in [1.54, 1.807) is 6.07 Å². The highest BCUT2D eigenvalue weighted by molar-refractivity contribution is 6.32. The number of hydrogen-bond acceptors (Lipinski definition) is 1. The molecule has 0 aliphatic heterocycles. The van der Waals surface area contributed by atoms with Gasteiger partial charge in [-0.2, -0.15) is 0 Å². The monoisotopic (exact) mass is 239 g/mol. The van der Waals surface area contributed by atoms with Crippen molar-refractivity contribution < 1.29 is 4.39 Å². The Hall–Kier alpha value is -0.860. The summed E-state index contributed by atoms with van der Waals surface area (Å²) in [7, 11) is 0. The fraction of sp³-hybridized carbons (Fsp3) is 0.385. The molecular formula is C13H15ClFN. The van der Waals surface area contributed by atoms with Gasteiger partial charge in [0.05, 0.1) is 5.02 Å². The largest absolute Gasteiger partial charge is 0.310 e. The lowest BCUT2D eigenvalue weighted by atomic mass is 10.1. The first-order valence-corrected chi connectivity index (χ1v) is 5.88. The molecule has 2 rings (SSSR count). The number of rotatable bonds is 4. The lowest BCUT2D eigenvalue weighted by Crippen LogP contribution is -2.18. The van der Waals surface area contributed by atoms with Crippen LogP contribution in [0.15, 0.2) is 23.8 Å². The van der Waals surface area contributed by atoms with Crippen LogP contribution in [0.2, 0.25) is 5.02 Å². The summed E-state index contributed by atoms with van der Waals surface area (Å²) in [6, 6.07) is 5.18. The molecule has 0 heterocycles. The standard InChI is InChI=1S/C13H15ClFN/c1-9(8-16-12-4-5-12)6-10-2-3-11(15)7-13(10)14/h2-3,6-7,12,16H,4-5,8H2,1H3/b9-6-. The molecule has 3 heteroatoms. The van der Waals surface area contributed by atoms with Crippen molar-refractivity contribution in [3.63, 3.8) is 0 Å². The summed E-state index contributed by atoms with van der Waals surface area (Å²) < 4.78 is 12.8. The Morgan fingerprint density at radius 2 is 2.31 bits per heavy atom. The molecule has 16 heavy (non-hydrogen) atoms. The molecule has 1 aliphatic rings. The second-order valence-corrected chi connectivity index (χ2v) is 4.72. The fourth-order valence-corrected chi connectivity index (χ4v) is 1.75. The zero-order valence-corrected chi connectivity index (χ0v) is 10.0. The van der Waals surface area contributed by atoms with Gasteiger partial charge in [0, 0.05) is 12.6 Å². The average molecular weight is 240 g/mol. The Bertz CT molecular complexity index is 410. The van der Waals surface area contributed by atoms with Gasteiger partial charge in [-0.05, 0) is 37.5 Å². The molecule has 1 N–H and O–H groups in total. The number of benzene rings is 1. The SMILES string of the molecule is C/C(=C/c1ccc(F)cc1Cl)CNC1CC1. The topological polar surface area (TPSA) is 12.0 Å². The zero-order chi connectivity index (χ0) is 11.5. The molecular weight excluding hydrogens is 225 g/mol. The summed E-state index contributed by atoms with van der Waals surface area (Å²) in [5.41, 5.74) is 2.08. The van der Waals surface area contributed by atoms with E-state index in [-0.39, 0.29) is 5.82 Å². The van der Waals surface area contributed by atoms with Crippen molar-refractivity contribution in [1.29, 1.82) is 0 Å². The van der Waals surface area contributed by atoms with E-state index in [1.165, 1.54) is 30.5 Å². The molecule has 0 amide bonds. The molecule has 0 bridgehead atoms. The Kier molecular flexibility index (Phi) is 3.62. The van der Waals surface area contributed by atoms with Gasteiger partial charge in [0.2, 0.25) is 0 Å². The highest BCUT2D eigenvalue weighted by atomic mass is 35.5. The molecule has 1 saturated carbocycles. The third-order valence-electron chi connectivity index (χ3n) is 2.61. The molecule has 0 saturated heterocycles. The van der Waals surface area contributed by atoms with Crippen LogP contribution in [0.5, 0.6) is 0 Å². The third kappa shape index (κ3) is 3.32. The van der Waals surface area contributed by atoms with Gasteiger partial charge in [0.1, 0.15) is 5.82 Å². The van der Waals surface area contributed by atoms with Gasteiger partial charge >= 0.3 is 0 Å². The molecule has 0 spiro atoms. The van der Waals surface area contributed by atoms with Crippen molar-refractivity contribution >= 4 is 17.7 Å². The lowest BCUT2D eigenvalue weighted by molar-refractivity contribution is 0.628. The van der Waals surface area contributed by atoms with Crippen LogP contribution < -0.4 is 5.32 Å². The molecule has 0 atom stereocenters. The Labute approximate surface area is 100 Å². The van der Waals surface area contributed by atoms with E-state index < -0.39 is 0 Å². The summed E-state index contributed by atoms with van der Waals surface area (Å²) in [5, 5.41) is 3.89. The van der Waals surface area contributed by atoms with E-state index >= 15 is 0 Å². The van der Waals surface area contributed by atoms with Crippen LogP contribution in [-0.4, -0.2) is 12.6 Å². The van der Waals surface area contributed by atoms with Gasteiger partial charge in [-0.25, -0.2) is 4.39 Å². The summed E-state index contributed by atoms with van der Waals surface area (Å²) in [6.07, 6.45) is 4.56. The van der Waals surface area contributed by atoms with Crippen LogP contribution >= 0.6 is 11.6 Å². The summed E-state index contributed by atoms with van der Waals surface area (Å²) in [6.45, 7) is 2.92. The first-order chi connectivity index (χ1) is 7.65. The van der Waals surface area contributed by atoms with E-state index in [0.717, 1.165) is 12.1 Å². The molecule has 1 nitrogen and oxygen atoms in total. The smallest absolute Gasteiger partial charge is 0.124 e. The van der Waals surface area contributed by atoms with E-state index in [1.807, 2.05) is 6.08 Å². The number of hydrogen-bond donors (Lipinski definition) is 1. The van der Waals surface area contributed by atoms with Crippen LogP contribution in [0, 0.1) is 5.82 Å². The van der Waals surface area contributed by atoms with Gasteiger partial charge in [0.15, 0.2) is 0 Å². The lowest BCUT2D eigenvalue weighted by Gasteiger charge is -2.04. The molecule has 1 fully saturated rings. The van der Waals surface area contributed by atoms with Gasteiger partial charge in [-0.3, -0.25) is 0 Å². The molecule has 1 aromatic carbocycles. The predicted octanol–water partition coefficient (Wildman–Crippen LogP) is 3.63. The quantitative estimate of drug-likeness (QED) is 0.846. The maximum absolute atomic E-state index is 12.8. The predicted molar refractivity (Wildman–Crippen MR) is 66.1 cm³/mol. The Morgan fingerprint density at radius 3 is 2.94 bits per heavy atom. The highest BCUT2D eigenvalue weighted by Gasteiger charge is 2.19. The van der Waals surface area contributed by atoms with Crippen molar-refractivity contribution in [2.75, 3.05) is 6.54 Å². The van der Waals surface area contributed by atoms with E-state index in [2.05, 4.69) is 12.2 Å². The molecule has 0 aromatic heterocycles. The first-order valence-electron chi connectivity index (χ1n) is 5.51. The minimum absolute atomic E-state index is 0.295. The number of nitrogens with one attached hydrogen (secondary N) is 1. The van der Waals surface area contributed by atoms with Crippen molar-refractivity contribution in [3.8, 4) is 0 Å². The van der Waals surface area contributed by atoms with Crippen molar-refractivity contribution in [2.45, 2.75) is 25.8 Å².